The second-order valence-electron chi connectivity index (χ2n) is 6.16. The molecule has 0 aliphatic heterocycles. The standard InChI is InChI=1S/C18H25N3O2S/c1-2-11-19-17(23)14-9-5-6-10-15(14)20-18(24)21-16(22)12-13-7-3-4-8-13/h5-6,9-10,13H,2-4,7-8,11-12H2,1H3,(H,19,23)(H2,20,21,22,24). The van der Waals surface area contributed by atoms with E-state index in [0.717, 1.165) is 19.3 Å². The first-order valence-corrected chi connectivity index (χ1v) is 8.99. The van der Waals surface area contributed by atoms with Crippen LogP contribution in [0.1, 0.15) is 55.8 Å². The molecule has 0 radical (unpaired) electrons. The Bertz CT molecular complexity index is 598. The lowest BCUT2D eigenvalue weighted by atomic mass is 10.0. The zero-order valence-electron chi connectivity index (χ0n) is 14.1. The van der Waals surface area contributed by atoms with E-state index in [4.69, 9.17) is 12.2 Å². The number of benzene rings is 1. The quantitative estimate of drug-likeness (QED) is 0.691. The SMILES string of the molecule is CCCNC(=O)c1ccccc1NC(=S)NC(=O)CC1CCCC1. The molecule has 5 nitrogen and oxygen atoms in total. The van der Waals surface area contributed by atoms with Crippen LogP contribution in [0.4, 0.5) is 5.69 Å². The van der Waals surface area contributed by atoms with Gasteiger partial charge in [0.1, 0.15) is 0 Å². The summed E-state index contributed by atoms with van der Waals surface area (Å²) in [6.07, 6.45) is 6.04. The lowest BCUT2D eigenvalue weighted by molar-refractivity contribution is -0.120. The molecule has 1 aromatic rings. The smallest absolute Gasteiger partial charge is 0.253 e. The first-order chi connectivity index (χ1) is 11.6. The number of anilines is 1. The number of hydrogen-bond donors (Lipinski definition) is 3. The fraction of sp³-hybridized carbons (Fsp3) is 0.500. The first kappa shape index (κ1) is 18.4. The highest BCUT2D eigenvalue weighted by atomic mass is 32.1. The summed E-state index contributed by atoms with van der Waals surface area (Å²) in [5, 5.41) is 8.75. The Kier molecular flexibility index (Phi) is 7.18. The number of carbonyl (C=O) groups is 2. The van der Waals surface area contributed by atoms with Crippen LogP contribution in [0.3, 0.4) is 0 Å². The van der Waals surface area contributed by atoms with Gasteiger partial charge in [0.15, 0.2) is 5.11 Å². The van der Waals surface area contributed by atoms with Crippen LogP contribution in [0.5, 0.6) is 0 Å². The van der Waals surface area contributed by atoms with E-state index in [0.29, 0.717) is 30.1 Å². The second-order valence-corrected chi connectivity index (χ2v) is 6.57. The monoisotopic (exact) mass is 347 g/mol. The summed E-state index contributed by atoms with van der Waals surface area (Å²) in [6.45, 7) is 2.62. The molecule has 1 aliphatic carbocycles. The van der Waals surface area contributed by atoms with Crippen molar-refractivity contribution in [2.45, 2.75) is 45.4 Å². The molecule has 2 amide bonds. The zero-order chi connectivity index (χ0) is 17.4. The van der Waals surface area contributed by atoms with E-state index >= 15 is 0 Å². The highest BCUT2D eigenvalue weighted by Gasteiger charge is 2.19. The first-order valence-electron chi connectivity index (χ1n) is 8.58. The van der Waals surface area contributed by atoms with E-state index in [1.165, 1.54) is 12.8 Å². The van der Waals surface area contributed by atoms with Gasteiger partial charge >= 0.3 is 0 Å². The van der Waals surface area contributed by atoms with Crippen molar-refractivity contribution in [1.82, 2.24) is 10.6 Å². The van der Waals surface area contributed by atoms with Crippen molar-refractivity contribution in [3.63, 3.8) is 0 Å². The molecule has 130 valence electrons. The molecule has 2 rings (SSSR count). The predicted molar refractivity (Wildman–Crippen MR) is 100 cm³/mol. The van der Waals surface area contributed by atoms with Crippen molar-refractivity contribution in [3.8, 4) is 0 Å². The molecule has 1 fully saturated rings. The van der Waals surface area contributed by atoms with Crippen LogP contribution in [-0.4, -0.2) is 23.5 Å². The second kappa shape index (κ2) is 9.37. The minimum Gasteiger partial charge on any atom is -0.352 e. The summed E-state index contributed by atoms with van der Waals surface area (Å²) in [4.78, 5) is 24.2. The van der Waals surface area contributed by atoms with Gasteiger partial charge in [-0.05, 0) is 49.5 Å². The number of thiocarbonyl (C=S) groups is 1. The molecule has 6 heteroatoms. The van der Waals surface area contributed by atoms with Crippen LogP contribution in [0.2, 0.25) is 0 Å². The third kappa shape index (κ3) is 5.60. The molecule has 1 aliphatic rings. The van der Waals surface area contributed by atoms with Crippen LogP contribution < -0.4 is 16.0 Å². The Morgan fingerprint density at radius 2 is 1.92 bits per heavy atom. The lowest BCUT2D eigenvalue weighted by Crippen LogP contribution is -2.35. The summed E-state index contributed by atoms with van der Waals surface area (Å²) < 4.78 is 0. The van der Waals surface area contributed by atoms with Gasteiger partial charge in [-0.3, -0.25) is 9.59 Å². The maximum Gasteiger partial charge on any atom is 0.253 e. The zero-order valence-corrected chi connectivity index (χ0v) is 14.9. The van der Waals surface area contributed by atoms with Gasteiger partial charge in [0.25, 0.3) is 5.91 Å². The molecule has 0 aromatic heterocycles. The van der Waals surface area contributed by atoms with Crippen molar-refractivity contribution in [3.05, 3.63) is 29.8 Å². The van der Waals surface area contributed by atoms with Crippen LogP contribution in [-0.2, 0) is 4.79 Å². The normalized spacial score (nSPS) is 14.2. The summed E-state index contributed by atoms with van der Waals surface area (Å²) in [5.41, 5.74) is 1.11. The van der Waals surface area contributed by atoms with E-state index in [1.807, 2.05) is 13.0 Å². The molecular weight excluding hydrogens is 322 g/mol. The average Bonchev–Trinajstić information content (AvgIpc) is 3.05. The van der Waals surface area contributed by atoms with Gasteiger partial charge in [-0.15, -0.1) is 0 Å². The molecule has 0 heterocycles. The lowest BCUT2D eigenvalue weighted by Gasteiger charge is -2.14. The van der Waals surface area contributed by atoms with Crippen LogP contribution in [0.25, 0.3) is 0 Å². The minimum absolute atomic E-state index is 0.0627. The number of amides is 2. The molecule has 1 saturated carbocycles. The van der Waals surface area contributed by atoms with Crippen molar-refractivity contribution in [2.75, 3.05) is 11.9 Å². The van der Waals surface area contributed by atoms with Crippen LogP contribution in [0.15, 0.2) is 24.3 Å². The Labute approximate surface area is 148 Å². The fourth-order valence-electron chi connectivity index (χ4n) is 2.93. The number of nitrogens with one attached hydrogen (secondary N) is 3. The number of rotatable bonds is 6. The summed E-state index contributed by atoms with van der Waals surface area (Å²) in [5.74, 6) is 0.257. The van der Waals surface area contributed by atoms with Crippen LogP contribution >= 0.6 is 12.2 Å². The largest absolute Gasteiger partial charge is 0.352 e. The van der Waals surface area contributed by atoms with Crippen LogP contribution in [0, 0.1) is 5.92 Å². The molecule has 0 spiro atoms. The van der Waals surface area contributed by atoms with Gasteiger partial charge < -0.3 is 16.0 Å². The van der Waals surface area contributed by atoms with E-state index in [2.05, 4.69) is 16.0 Å². The summed E-state index contributed by atoms with van der Waals surface area (Å²) in [6, 6.07) is 7.13. The summed E-state index contributed by atoms with van der Waals surface area (Å²) >= 11 is 5.21. The predicted octanol–water partition coefficient (Wildman–Crippen LogP) is 3.22. The molecule has 3 N–H and O–H groups in total. The van der Waals surface area contributed by atoms with Gasteiger partial charge in [0.05, 0.1) is 11.3 Å². The fourth-order valence-corrected chi connectivity index (χ4v) is 3.16. The maximum absolute atomic E-state index is 12.2. The van der Waals surface area contributed by atoms with Gasteiger partial charge in [-0.1, -0.05) is 31.9 Å². The van der Waals surface area contributed by atoms with Gasteiger partial charge in [-0.2, -0.15) is 0 Å². The highest BCUT2D eigenvalue weighted by Crippen LogP contribution is 2.27. The molecule has 0 unspecified atom stereocenters. The average molecular weight is 347 g/mol. The highest BCUT2D eigenvalue weighted by molar-refractivity contribution is 7.80. The van der Waals surface area contributed by atoms with Crippen molar-refractivity contribution >= 4 is 34.8 Å². The molecule has 0 atom stereocenters. The Morgan fingerprint density at radius 1 is 1.21 bits per heavy atom. The molecule has 0 saturated heterocycles. The Balaban J connectivity index is 1.91. The third-order valence-corrected chi connectivity index (χ3v) is 4.36. The molecule has 24 heavy (non-hydrogen) atoms. The van der Waals surface area contributed by atoms with E-state index in [1.54, 1.807) is 18.2 Å². The third-order valence-electron chi connectivity index (χ3n) is 4.16. The van der Waals surface area contributed by atoms with Gasteiger partial charge in [0, 0.05) is 13.0 Å². The van der Waals surface area contributed by atoms with Gasteiger partial charge in [-0.25, -0.2) is 0 Å². The van der Waals surface area contributed by atoms with Crippen molar-refractivity contribution in [2.24, 2.45) is 5.92 Å². The molecular formula is C18H25N3O2S. The van der Waals surface area contributed by atoms with Crippen molar-refractivity contribution < 1.29 is 9.59 Å². The topological polar surface area (TPSA) is 70.2 Å². The summed E-state index contributed by atoms with van der Waals surface area (Å²) in [7, 11) is 0. The Morgan fingerprint density at radius 3 is 2.62 bits per heavy atom. The van der Waals surface area contributed by atoms with Crippen molar-refractivity contribution in [1.29, 1.82) is 0 Å². The van der Waals surface area contributed by atoms with E-state index < -0.39 is 0 Å². The minimum atomic E-state index is -0.153. The number of carbonyl (C=O) groups excluding carboxylic acids is 2. The number of para-hydroxylation sites is 1. The van der Waals surface area contributed by atoms with Gasteiger partial charge in [0.2, 0.25) is 5.91 Å². The maximum atomic E-state index is 12.2. The Hall–Kier alpha value is -1.95. The molecule has 0 bridgehead atoms. The molecule has 1 aromatic carbocycles. The van der Waals surface area contributed by atoms with E-state index in [9.17, 15) is 9.59 Å². The number of hydrogen-bond acceptors (Lipinski definition) is 3. The van der Waals surface area contributed by atoms with E-state index in [-0.39, 0.29) is 16.9 Å².